The summed E-state index contributed by atoms with van der Waals surface area (Å²) in [6.07, 6.45) is 2.80. The molecule has 0 atom stereocenters. The molecule has 0 saturated carbocycles. The number of aromatic nitrogens is 5. The highest BCUT2D eigenvalue weighted by Crippen LogP contribution is 2.35. The summed E-state index contributed by atoms with van der Waals surface area (Å²) in [4.78, 5) is 2.25. The van der Waals surface area contributed by atoms with Crippen LogP contribution in [0.3, 0.4) is 0 Å². The van der Waals surface area contributed by atoms with Crippen LogP contribution in [0.4, 0.5) is 11.6 Å². The van der Waals surface area contributed by atoms with Crippen LogP contribution in [0.2, 0.25) is 0 Å². The molecular weight excluding hydrogens is 316 g/mol. The molecule has 3 heterocycles. The van der Waals surface area contributed by atoms with Gasteiger partial charge in [0, 0.05) is 32.6 Å². The molecule has 4 rings (SSSR count). The average molecular weight is 338 g/mol. The Labute approximate surface area is 146 Å². The maximum absolute atomic E-state index is 5.30. The summed E-state index contributed by atoms with van der Waals surface area (Å²) in [6.45, 7) is 4.33. The Morgan fingerprint density at radius 1 is 1.20 bits per heavy atom. The van der Waals surface area contributed by atoms with Gasteiger partial charge in [-0.25, -0.2) is 0 Å². The van der Waals surface area contributed by atoms with Gasteiger partial charge in [0.05, 0.1) is 13.2 Å². The Morgan fingerprint density at radius 3 is 2.84 bits per heavy atom. The zero-order chi connectivity index (χ0) is 17.4. The minimum Gasteiger partial charge on any atom is -0.383 e. The van der Waals surface area contributed by atoms with Crippen molar-refractivity contribution in [2.75, 3.05) is 25.2 Å². The predicted octanol–water partition coefficient (Wildman–Crippen LogP) is 2.33. The van der Waals surface area contributed by atoms with Crippen LogP contribution in [0.5, 0.6) is 0 Å². The van der Waals surface area contributed by atoms with Gasteiger partial charge in [-0.05, 0) is 31.0 Å². The van der Waals surface area contributed by atoms with E-state index in [-0.39, 0.29) is 0 Å². The number of fused-ring (bicyclic) bond motifs is 1. The maximum atomic E-state index is 5.30. The molecule has 0 saturated heterocycles. The second kappa shape index (κ2) is 6.33. The van der Waals surface area contributed by atoms with Crippen LogP contribution in [0, 0.1) is 6.92 Å². The highest BCUT2D eigenvalue weighted by atomic mass is 16.5. The molecular formula is C18H22N6O. The van der Waals surface area contributed by atoms with Crippen molar-refractivity contribution in [1.82, 2.24) is 24.5 Å². The van der Waals surface area contributed by atoms with Gasteiger partial charge < -0.3 is 9.64 Å². The fraction of sp³-hybridized carbons (Fsp3) is 0.389. The van der Waals surface area contributed by atoms with E-state index in [0.717, 1.165) is 30.4 Å². The number of aryl methyl sites for hydroxylation is 2. The molecule has 1 aliphatic heterocycles. The molecule has 3 aromatic rings. The first kappa shape index (κ1) is 15.8. The van der Waals surface area contributed by atoms with Gasteiger partial charge in [-0.3, -0.25) is 9.25 Å². The minimum absolute atomic E-state index is 0.602. The molecule has 130 valence electrons. The Morgan fingerprint density at radius 2 is 2.08 bits per heavy atom. The summed E-state index contributed by atoms with van der Waals surface area (Å²) >= 11 is 0. The van der Waals surface area contributed by atoms with Gasteiger partial charge in [0.25, 0.3) is 0 Å². The first-order valence-corrected chi connectivity index (χ1v) is 8.46. The topological polar surface area (TPSA) is 61.0 Å². The van der Waals surface area contributed by atoms with Crippen LogP contribution in [0.25, 0.3) is 11.5 Å². The summed E-state index contributed by atoms with van der Waals surface area (Å²) in [7, 11) is 3.62. The molecule has 0 N–H and O–H groups in total. The van der Waals surface area contributed by atoms with Crippen molar-refractivity contribution in [3.63, 3.8) is 0 Å². The van der Waals surface area contributed by atoms with Crippen LogP contribution >= 0.6 is 0 Å². The Hall–Kier alpha value is -2.67. The third-order valence-corrected chi connectivity index (χ3v) is 4.67. The number of anilines is 2. The summed E-state index contributed by atoms with van der Waals surface area (Å²) in [5, 5.41) is 13.2. The second-order valence-corrected chi connectivity index (χ2v) is 6.34. The van der Waals surface area contributed by atoms with Gasteiger partial charge in [0.1, 0.15) is 5.69 Å². The van der Waals surface area contributed by atoms with E-state index < -0.39 is 0 Å². The quantitative estimate of drug-likeness (QED) is 0.714. The molecule has 2 aromatic heterocycles. The zero-order valence-corrected chi connectivity index (χ0v) is 14.8. The van der Waals surface area contributed by atoms with Gasteiger partial charge >= 0.3 is 0 Å². The largest absolute Gasteiger partial charge is 0.383 e. The standard InChI is InChI=1S/C18H22N6O/c1-13-4-5-15-14(12-13)7-9-23(15)18-21-20-17(24(18)10-11-25-3)16-6-8-19-22(16)2/h4-6,8,12H,7,9-11H2,1-3H3. The van der Waals surface area contributed by atoms with Crippen molar-refractivity contribution in [1.29, 1.82) is 0 Å². The molecule has 0 unspecified atom stereocenters. The van der Waals surface area contributed by atoms with Gasteiger partial charge in [0.2, 0.25) is 5.95 Å². The van der Waals surface area contributed by atoms with Crippen molar-refractivity contribution in [2.45, 2.75) is 19.9 Å². The first-order chi connectivity index (χ1) is 12.2. The SMILES string of the molecule is COCCn1c(-c2ccnn2C)nnc1N1CCc2cc(C)ccc21. The lowest BCUT2D eigenvalue weighted by Gasteiger charge is -2.20. The van der Waals surface area contributed by atoms with E-state index in [1.807, 2.05) is 17.8 Å². The maximum Gasteiger partial charge on any atom is 0.232 e. The number of benzene rings is 1. The molecule has 7 heteroatoms. The fourth-order valence-corrected chi connectivity index (χ4v) is 3.40. The number of rotatable bonds is 5. The number of hydrogen-bond acceptors (Lipinski definition) is 5. The smallest absolute Gasteiger partial charge is 0.232 e. The van der Waals surface area contributed by atoms with E-state index in [2.05, 4.69) is 49.9 Å². The van der Waals surface area contributed by atoms with E-state index in [9.17, 15) is 0 Å². The molecule has 0 aliphatic carbocycles. The van der Waals surface area contributed by atoms with Gasteiger partial charge in [0.15, 0.2) is 5.82 Å². The number of methoxy groups -OCH3 is 1. The lowest BCUT2D eigenvalue weighted by Crippen LogP contribution is -2.20. The highest BCUT2D eigenvalue weighted by Gasteiger charge is 2.27. The van der Waals surface area contributed by atoms with Crippen molar-refractivity contribution < 1.29 is 4.74 Å². The van der Waals surface area contributed by atoms with E-state index in [4.69, 9.17) is 4.74 Å². The monoisotopic (exact) mass is 338 g/mol. The Bertz CT molecular complexity index is 897. The van der Waals surface area contributed by atoms with E-state index in [0.29, 0.717) is 13.2 Å². The van der Waals surface area contributed by atoms with Crippen LogP contribution in [-0.2, 0) is 24.8 Å². The molecule has 0 bridgehead atoms. The van der Waals surface area contributed by atoms with Crippen LogP contribution in [0.1, 0.15) is 11.1 Å². The highest BCUT2D eigenvalue weighted by molar-refractivity contribution is 5.68. The molecule has 0 radical (unpaired) electrons. The minimum atomic E-state index is 0.602. The molecule has 1 aliphatic rings. The Kier molecular flexibility index (Phi) is 4.01. The predicted molar refractivity (Wildman–Crippen MR) is 96.0 cm³/mol. The number of nitrogens with zero attached hydrogens (tertiary/aromatic N) is 6. The van der Waals surface area contributed by atoms with Crippen molar-refractivity contribution in [3.05, 3.63) is 41.6 Å². The van der Waals surface area contributed by atoms with Crippen molar-refractivity contribution >= 4 is 11.6 Å². The average Bonchev–Trinajstić information content (AvgIpc) is 3.30. The third kappa shape index (κ3) is 2.70. The van der Waals surface area contributed by atoms with Crippen molar-refractivity contribution in [3.8, 4) is 11.5 Å². The summed E-state index contributed by atoms with van der Waals surface area (Å²) in [5.41, 5.74) is 4.81. The molecule has 25 heavy (non-hydrogen) atoms. The van der Waals surface area contributed by atoms with Crippen LogP contribution < -0.4 is 4.90 Å². The molecule has 0 amide bonds. The number of hydrogen-bond donors (Lipinski definition) is 0. The van der Waals surface area contributed by atoms with Crippen LogP contribution in [0.15, 0.2) is 30.5 Å². The first-order valence-electron chi connectivity index (χ1n) is 8.46. The van der Waals surface area contributed by atoms with Gasteiger partial charge in [-0.1, -0.05) is 17.7 Å². The van der Waals surface area contributed by atoms with Gasteiger partial charge in [-0.2, -0.15) is 5.10 Å². The molecule has 0 spiro atoms. The molecule has 0 fully saturated rings. The lowest BCUT2D eigenvalue weighted by molar-refractivity contribution is 0.188. The van der Waals surface area contributed by atoms with Gasteiger partial charge in [-0.15, -0.1) is 10.2 Å². The van der Waals surface area contributed by atoms with E-state index >= 15 is 0 Å². The van der Waals surface area contributed by atoms with Crippen LogP contribution in [-0.4, -0.2) is 44.8 Å². The molecule has 1 aromatic carbocycles. The lowest BCUT2D eigenvalue weighted by atomic mass is 10.1. The number of ether oxygens (including phenoxy) is 1. The molecule has 7 nitrogen and oxygen atoms in total. The normalized spacial score (nSPS) is 13.5. The summed E-state index contributed by atoms with van der Waals surface area (Å²) in [5.74, 6) is 1.67. The Balaban J connectivity index is 1.78. The van der Waals surface area contributed by atoms with E-state index in [1.165, 1.54) is 16.8 Å². The van der Waals surface area contributed by atoms with Crippen molar-refractivity contribution in [2.24, 2.45) is 7.05 Å². The summed E-state index contributed by atoms with van der Waals surface area (Å²) in [6, 6.07) is 8.54. The second-order valence-electron chi connectivity index (χ2n) is 6.34. The third-order valence-electron chi connectivity index (χ3n) is 4.67. The fourth-order valence-electron chi connectivity index (χ4n) is 3.40. The summed E-state index contributed by atoms with van der Waals surface area (Å²) < 4.78 is 9.24. The van der Waals surface area contributed by atoms with E-state index in [1.54, 1.807) is 13.3 Å². The zero-order valence-electron chi connectivity index (χ0n) is 14.8.